The molecule has 1 amide bonds. The van der Waals surface area contributed by atoms with Gasteiger partial charge in [-0.05, 0) is 41.0 Å². The third kappa shape index (κ3) is 2.81. The zero-order valence-corrected chi connectivity index (χ0v) is 14.4. The second-order valence-electron chi connectivity index (χ2n) is 7.09. The van der Waals surface area contributed by atoms with E-state index in [1.165, 1.54) is 22.3 Å². The molecule has 0 heterocycles. The van der Waals surface area contributed by atoms with Crippen LogP contribution in [0.1, 0.15) is 29.9 Å². The molecule has 25 heavy (non-hydrogen) atoms. The van der Waals surface area contributed by atoms with Crippen molar-refractivity contribution in [3.63, 3.8) is 0 Å². The molecule has 1 fully saturated rings. The third-order valence-electron chi connectivity index (χ3n) is 5.64. The van der Waals surface area contributed by atoms with Crippen molar-refractivity contribution in [3.05, 3.63) is 59.7 Å². The molecule has 0 saturated heterocycles. The smallest absolute Gasteiger partial charge is 0.409 e. The molecule has 2 aliphatic carbocycles. The summed E-state index contributed by atoms with van der Waals surface area (Å²) in [6.07, 6.45) is 1.44. The third-order valence-corrected chi connectivity index (χ3v) is 5.64. The quantitative estimate of drug-likeness (QED) is 0.927. The lowest BCUT2D eigenvalue weighted by Gasteiger charge is -2.39. The molecular weight excluding hydrogens is 314 g/mol. The van der Waals surface area contributed by atoms with E-state index in [2.05, 4.69) is 24.3 Å². The second-order valence-corrected chi connectivity index (χ2v) is 7.09. The highest BCUT2D eigenvalue weighted by atomic mass is 16.6. The van der Waals surface area contributed by atoms with Crippen molar-refractivity contribution in [1.29, 1.82) is 0 Å². The Bertz CT molecular complexity index is 737. The molecule has 1 N–H and O–H groups in total. The molecule has 0 radical (unpaired) electrons. The van der Waals surface area contributed by atoms with Crippen molar-refractivity contribution in [1.82, 2.24) is 4.90 Å². The van der Waals surface area contributed by atoms with E-state index in [0.29, 0.717) is 12.5 Å². The maximum absolute atomic E-state index is 12.4. The van der Waals surface area contributed by atoms with Crippen molar-refractivity contribution >= 4 is 6.09 Å². The first kappa shape index (κ1) is 16.2. The molecule has 4 nitrogen and oxygen atoms in total. The summed E-state index contributed by atoms with van der Waals surface area (Å²) in [7, 11) is 1.79. The van der Waals surface area contributed by atoms with Crippen LogP contribution >= 0.6 is 0 Å². The van der Waals surface area contributed by atoms with Gasteiger partial charge in [-0.1, -0.05) is 48.5 Å². The van der Waals surface area contributed by atoms with Crippen molar-refractivity contribution in [3.8, 4) is 11.1 Å². The Morgan fingerprint density at radius 3 is 2.20 bits per heavy atom. The van der Waals surface area contributed by atoms with Gasteiger partial charge in [-0.25, -0.2) is 4.79 Å². The summed E-state index contributed by atoms with van der Waals surface area (Å²) in [6, 6.07) is 16.9. The predicted octanol–water partition coefficient (Wildman–Crippen LogP) is 3.64. The molecule has 0 unspecified atom stereocenters. The van der Waals surface area contributed by atoms with Gasteiger partial charge in [0, 0.05) is 25.6 Å². The van der Waals surface area contributed by atoms with Gasteiger partial charge in [0.1, 0.15) is 6.61 Å². The molecular formula is C21H23NO3. The normalized spacial score (nSPS) is 21.2. The Morgan fingerprint density at radius 2 is 1.64 bits per heavy atom. The summed E-state index contributed by atoms with van der Waals surface area (Å²) in [6.45, 7) is 0.558. The van der Waals surface area contributed by atoms with Crippen LogP contribution in [-0.2, 0) is 4.74 Å². The number of carbonyl (C=O) groups excluding carboxylic acids is 1. The number of aliphatic hydroxyl groups excluding tert-OH is 1. The number of aliphatic hydroxyl groups is 1. The van der Waals surface area contributed by atoms with Gasteiger partial charge in [0.05, 0.1) is 0 Å². The van der Waals surface area contributed by atoms with Crippen LogP contribution in [0.25, 0.3) is 11.1 Å². The van der Waals surface area contributed by atoms with Gasteiger partial charge in [0.2, 0.25) is 0 Å². The van der Waals surface area contributed by atoms with Gasteiger partial charge in [-0.3, -0.25) is 0 Å². The molecule has 130 valence electrons. The summed E-state index contributed by atoms with van der Waals surface area (Å²) in [4.78, 5) is 14.1. The molecule has 4 rings (SSSR count). The minimum atomic E-state index is -0.275. The summed E-state index contributed by atoms with van der Waals surface area (Å²) in [5.74, 6) is 0.421. The summed E-state index contributed by atoms with van der Waals surface area (Å²) in [5, 5.41) is 9.12. The number of benzene rings is 2. The van der Waals surface area contributed by atoms with Crippen LogP contribution in [-0.4, -0.2) is 42.4 Å². The van der Waals surface area contributed by atoms with E-state index in [1.54, 1.807) is 11.9 Å². The number of fused-ring (bicyclic) bond motifs is 3. The Balaban J connectivity index is 1.45. The maximum atomic E-state index is 12.4. The molecule has 4 heteroatoms. The lowest BCUT2D eigenvalue weighted by Crippen LogP contribution is -2.46. The Labute approximate surface area is 148 Å². The average Bonchev–Trinajstić information content (AvgIpc) is 2.93. The highest BCUT2D eigenvalue weighted by Gasteiger charge is 2.35. The number of amides is 1. The van der Waals surface area contributed by atoms with E-state index in [4.69, 9.17) is 9.84 Å². The number of hydrogen-bond acceptors (Lipinski definition) is 3. The largest absolute Gasteiger partial charge is 0.448 e. The first-order valence-corrected chi connectivity index (χ1v) is 8.87. The van der Waals surface area contributed by atoms with Crippen LogP contribution in [0, 0.1) is 5.92 Å². The SMILES string of the molecule is CN(C(=O)OCC1c2ccccc2-c2ccccc21)C1CC(CO)C1. The fourth-order valence-electron chi connectivity index (χ4n) is 4.01. The lowest BCUT2D eigenvalue weighted by molar-refractivity contribution is 0.0416. The number of hydrogen-bond donors (Lipinski definition) is 1. The van der Waals surface area contributed by atoms with Crippen LogP contribution < -0.4 is 0 Å². The molecule has 2 aromatic rings. The lowest BCUT2D eigenvalue weighted by atomic mass is 9.80. The fraction of sp³-hybridized carbons (Fsp3) is 0.381. The van der Waals surface area contributed by atoms with Gasteiger partial charge in [-0.15, -0.1) is 0 Å². The first-order valence-electron chi connectivity index (χ1n) is 8.87. The van der Waals surface area contributed by atoms with Crippen molar-refractivity contribution in [2.45, 2.75) is 24.8 Å². The van der Waals surface area contributed by atoms with E-state index in [0.717, 1.165) is 12.8 Å². The van der Waals surface area contributed by atoms with Crippen LogP contribution in [0.5, 0.6) is 0 Å². The number of ether oxygens (including phenoxy) is 1. The highest BCUT2D eigenvalue weighted by molar-refractivity contribution is 5.79. The highest BCUT2D eigenvalue weighted by Crippen LogP contribution is 2.44. The van der Waals surface area contributed by atoms with Crippen LogP contribution in [0.2, 0.25) is 0 Å². The monoisotopic (exact) mass is 337 g/mol. The van der Waals surface area contributed by atoms with Crippen LogP contribution in [0.15, 0.2) is 48.5 Å². The molecule has 0 aromatic heterocycles. The van der Waals surface area contributed by atoms with Crippen LogP contribution in [0.4, 0.5) is 4.79 Å². The zero-order valence-electron chi connectivity index (χ0n) is 14.4. The predicted molar refractivity (Wildman–Crippen MR) is 96.4 cm³/mol. The second kappa shape index (κ2) is 6.52. The molecule has 2 aliphatic rings. The molecule has 0 atom stereocenters. The standard InChI is InChI=1S/C21H23NO3/c1-22(15-10-14(11-15)12-23)21(24)25-13-20-18-8-4-2-6-16(18)17-7-3-5-9-19(17)20/h2-9,14-15,20,23H,10-13H2,1H3. The summed E-state index contributed by atoms with van der Waals surface area (Å²) >= 11 is 0. The first-order chi connectivity index (χ1) is 12.2. The number of nitrogens with zero attached hydrogens (tertiary/aromatic N) is 1. The number of carbonyl (C=O) groups is 1. The van der Waals surface area contributed by atoms with Gasteiger partial charge in [-0.2, -0.15) is 0 Å². The van der Waals surface area contributed by atoms with E-state index in [-0.39, 0.29) is 24.7 Å². The molecule has 1 saturated carbocycles. The van der Waals surface area contributed by atoms with E-state index >= 15 is 0 Å². The molecule has 0 bridgehead atoms. The molecule has 0 aliphatic heterocycles. The van der Waals surface area contributed by atoms with E-state index in [9.17, 15) is 4.79 Å². The molecule has 2 aromatic carbocycles. The Hall–Kier alpha value is -2.33. The minimum Gasteiger partial charge on any atom is -0.448 e. The van der Waals surface area contributed by atoms with Crippen LogP contribution in [0.3, 0.4) is 0 Å². The maximum Gasteiger partial charge on any atom is 0.409 e. The van der Waals surface area contributed by atoms with E-state index < -0.39 is 0 Å². The van der Waals surface area contributed by atoms with Crippen molar-refractivity contribution in [2.75, 3.05) is 20.3 Å². The van der Waals surface area contributed by atoms with Gasteiger partial charge < -0.3 is 14.7 Å². The molecule has 0 spiro atoms. The Kier molecular flexibility index (Phi) is 4.22. The topological polar surface area (TPSA) is 49.8 Å². The average molecular weight is 337 g/mol. The van der Waals surface area contributed by atoms with Crippen molar-refractivity contribution in [2.24, 2.45) is 5.92 Å². The number of rotatable bonds is 4. The zero-order chi connectivity index (χ0) is 17.4. The van der Waals surface area contributed by atoms with Gasteiger partial charge in [0.15, 0.2) is 0 Å². The summed E-state index contributed by atoms with van der Waals surface area (Å²) < 4.78 is 5.65. The van der Waals surface area contributed by atoms with E-state index in [1.807, 2.05) is 24.3 Å². The van der Waals surface area contributed by atoms with Crippen molar-refractivity contribution < 1.29 is 14.6 Å². The summed E-state index contributed by atoms with van der Waals surface area (Å²) in [5.41, 5.74) is 4.92. The fourth-order valence-corrected chi connectivity index (χ4v) is 4.01. The Morgan fingerprint density at radius 1 is 1.08 bits per heavy atom. The minimum absolute atomic E-state index is 0.0938. The van der Waals surface area contributed by atoms with Gasteiger partial charge in [0.25, 0.3) is 0 Å². The van der Waals surface area contributed by atoms with Gasteiger partial charge >= 0.3 is 6.09 Å².